The Bertz CT molecular complexity index is 1990. The van der Waals surface area contributed by atoms with Crippen LogP contribution >= 0.6 is 23.1 Å². The molecule has 240 valence electrons. The second kappa shape index (κ2) is 11.4. The lowest BCUT2D eigenvalue weighted by Gasteiger charge is -2.43. The number of amides is 3. The Morgan fingerprint density at radius 1 is 0.957 bits per heavy atom. The van der Waals surface area contributed by atoms with Gasteiger partial charge in [0.05, 0.1) is 29.7 Å². The number of nitrogens with one attached hydrogen (secondary N) is 2. The molecule has 4 aromatic rings. The molecule has 1 saturated heterocycles. The number of rotatable bonds is 7. The van der Waals surface area contributed by atoms with Gasteiger partial charge in [0, 0.05) is 21.7 Å². The minimum Gasteiger partial charge on any atom is -0.493 e. The van der Waals surface area contributed by atoms with E-state index in [0.717, 1.165) is 38.7 Å². The molecule has 47 heavy (non-hydrogen) atoms. The van der Waals surface area contributed by atoms with Gasteiger partial charge < -0.3 is 19.8 Å². The average molecular weight is 668 g/mol. The first-order valence-electron chi connectivity index (χ1n) is 15.7. The van der Waals surface area contributed by atoms with Crippen LogP contribution in [0.5, 0.6) is 11.5 Å². The Labute approximate surface area is 279 Å². The number of H-pyrrole nitrogens is 1. The van der Waals surface area contributed by atoms with E-state index in [1.54, 1.807) is 24.9 Å². The highest BCUT2D eigenvalue weighted by Crippen LogP contribution is 2.68. The number of aromatic amines is 1. The molecule has 3 heterocycles. The summed E-state index contributed by atoms with van der Waals surface area (Å²) < 4.78 is 11.7. The Hall–Kier alpha value is -4.35. The van der Waals surface area contributed by atoms with Crippen LogP contribution in [0.15, 0.2) is 76.6 Å². The largest absolute Gasteiger partial charge is 0.493 e. The number of hydrogen-bond acceptors (Lipinski definition) is 8. The lowest BCUT2D eigenvalue weighted by molar-refractivity contribution is -0.123. The standard InChI is InChI=1S/C36H33N3O6S2/c1-17-8-11-20(12-9-17)39-34(41)29-21-15-22(30(29)35(39)42)31-28(21)27(32-33(46-31)38-36(43)47-32)19-10-13-24(25(14-19)44-3)45-16-26(40)37-23-7-5-4-6-18(23)2/h4-14,21-22,27-31H,15-16H2,1-3H3,(H,37,40)(H,38,43)/t21?,22?,27-,28?,29?,30?,31?/m1/s1. The highest BCUT2D eigenvalue weighted by molar-refractivity contribution is 8.00. The average Bonchev–Trinajstić information content (AvgIpc) is 3.80. The Balaban J connectivity index is 1.09. The zero-order valence-electron chi connectivity index (χ0n) is 26.0. The van der Waals surface area contributed by atoms with Gasteiger partial charge in [-0.2, -0.15) is 0 Å². The second-order valence-electron chi connectivity index (χ2n) is 12.9. The van der Waals surface area contributed by atoms with Gasteiger partial charge in [0.25, 0.3) is 5.91 Å². The highest BCUT2D eigenvalue weighted by Gasteiger charge is 2.69. The molecule has 3 fully saturated rings. The van der Waals surface area contributed by atoms with E-state index >= 15 is 0 Å². The van der Waals surface area contributed by atoms with Crippen LogP contribution < -0.4 is 24.6 Å². The van der Waals surface area contributed by atoms with E-state index in [1.807, 2.05) is 74.5 Å². The minimum atomic E-state index is -0.383. The molecule has 9 nitrogen and oxygen atoms in total. The highest BCUT2D eigenvalue weighted by atomic mass is 32.2. The summed E-state index contributed by atoms with van der Waals surface area (Å²) in [5, 5.41) is 3.80. The predicted octanol–water partition coefficient (Wildman–Crippen LogP) is 5.76. The molecule has 2 N–H and O–H groups in total. The van der Waals surface area contributed by atoms with E-state index in [2.05, 4.69) is 10.3 Å². The number of fused-ring (bicyclic) bond motifs is 9. The first-order chi connectivity index (χ1) is 22.7. The Morgan fingerprint density at radius 3 is 2.45 bits per heavy atom. The third kappa shape index (κ3) is 4.81. The maximum atomic E-state index is 14.0. The van der Waals surface area contributed by atoms with Crippen LogP contribution in [0.3, 0.4) is 0 Å². The summed E-state index contributed by atoms with van der Waals surface area (Å²) in [7, 11) is 1.56. The van der Waals surface area contributed by atoms with Gasteiger partial charge in [-0.25, -0.2) is 0 Å². The van der Waals surface area contributed by atoms with Crippen molar-refractivity contribution >= 4 is 52.2 Å². The van der Waals surface area contributed by atoms with Crippen molar-refractivity contribution in [2.45, 2.75) is 36.5 Å². The van der Waals surface area contributed by atoms with Crippen molar-refractivity contribution in [2.24, 2.45) is 29.6 Å². The lowest BCUT2D eigenvalue weighted by Crippen LogP contribution is -2.42. The van der Waals surface area contributed by atoms with Crippen molar-refractivity contribution in [3.63, 3.8) is 0 Å². The van der Waals surface area contributed by atoms with Gasteiger partial charge in [0.15, 0.2) is 18.1 Å². The van der Waals surface area contributed by atoms with Crippen molar-refractivity contribution in [1.82, 2.24) is 4.98 Å². The van der Waals surface area contributed by atoms with Crippen LogP contribution in [0.25, 0.3) is 0 Å². The summed E-state index contributed by atoms with van der Waals surface area (Å²) in [5.41, 5.74) is 4.32. The van der Waals surface area contributed by atoms with Crippen LogP contribution in [0.2, 0.25) is 0 Å². The molecule has 6 unspecified atom stereocenters. The number of carbonyl (C=O) groups excluding carboxylic acids is 3. The fourth-order valence-electron chi connectivity index (χ4n) is 8.38. The molecular weight excluding hydrogens is 635 g/mol. The van der Waals surface area contributed by atoms with E-state index in [4.69, 9.17) is 9.47 Å². The number of nitrogens with zero attached hydrogens (tertiary/aromatic N) is 1. The third-order valence-electron chi connectivity index (χ3n) is 10.3. The van der Waals surface area contributed by atoms with Crippen molar-refractivity contribution in [3.05, 3.63) is 98.0 Å². The first kappa shape index (κ1) is 30.0. The van der Waals surface area contributed by atoms with Gasteiger partial charge in [0.2, 0.25) is 11.8 Å². The molecule has 7 atom stereocenters. The van der Waals surface area contributed by atoms with Crippen molar-refractivity contribution < 1.29 is 23.9 Å². The summed E-state index contributed by atoms with van der Waals surface area (Å²) >= 11 is 2.87. The molecule has 3 aromatic carbocycles. The zero-order valence-corrected chi connectivity index (χ0v) is 27.7. The smallest absolute Gasteiger partial charge is 0.305 e. The summed E-state index contributed by atoms with van der Waals surface area (Å²) in [6.07, 6.45) is 0.806. The molecule has 0 radical (unpaired) electrons. The van der Waals surface area contributed by atoms with Gasteiger partial charge >= 0.3 is 4.87 Å². The number of thiazole rings is 1. The molecule has 2 saturated carbocycles. The molecule has 2 aliphatic carbocycles. The van der Waals surface area contributed by atoms with E-state index < -0.39 is 0 Å². The number of benzene rings is 3. The van der Waals surface area contributed by atoms with Crippen LogP contribution in [0.4, 0.5) is 11.4 Å². The van der Waals surface area contributed by atoms with Crippen LogP contribution in [-0.4, -0.2) is 41.7 Å². The van der Waals surface area contributed by atoms with E-state index in [0.29, 0.717) is 17.2 Å². The number of anilines is 2. The maximum Gasteiger partial charge on any atom is 0.305 e. The summed E-state index contributed by atoms with van der Waals surface area (Å²) in [6, 6.07) is 20.8. The molecule has 2 aliphatic heterocycles. The normalized spacial score (nSPS) is 27.0. The quantitative estimate of drug-likeness (QED) is 0.241. The summed E-state index contributed by atoms with van der Waals surface area (Å²) in [6.45, 7) is 3.71. The molecule has 11 heteroatoms. The number of methoxy groups -OCH3 is 1. The first-order valence-corrected chi connectivity index (χ1v) is 17.4. The number of imide groups is 1. The zero-order chi connectivity index (χ0) is 32.6. The molecule has 8 rings (SSSR count). The van der Waals surface area contributed by atoms with Crippen molar-refractivity contribution in [2.75, 3.05) is 23.9 Å². The number of hydrogen-bond donors (Lipinski definition) is 2. The number of ether oxygens (including phenoxy) is 2. The Kier molecular flexibility index (Phi) is 7.29. The van der Waals surface area contributed by atoms with Crippen LogP contribution in [0.1, 0.15) is 33.9 Å². The monoisotopic (exact) mass is 667 g/mol. The Morgan fingerprint density at radius 2 is 1.70 bits per heavy atom. The predicted molar refractivity (Wildman–Crippen MR) is 180 cm³/mol. The number of aromatic nitrogens is 1. The van der Waals surface area contributed by atoms with E-state index in [-0.39, 0.29) is 70.0 Å². The third-order valence-corrected chi connectivity index (χ3v) is 12.9. The summed E-state index contributed by atoms with van der Waals surface area (Å²) in [5.74, 6) is -0.426. The topological polar surface area (TPSA) is 118 Å². The van der Waals surface area contributed by atoms with Gasteiger partial charge in [-0.15, -0.1) is 11.8 Å². The maximum absolute atomic E-state index is 14.0. The number of carbonyl (C=O) groups is 3. The fourth-order valence-corrected chi connectivity index (χ4v) is 11.3. The van der Waals surface area contributed by atoms with Gasteiger partial charge in [-0.05, 0) is 79.5 Å². The van der Waals surface area contributed by atoms with Crippen LogP contribution in [-0.2, 0) is 14.4 Å². The molecular formula is C36H33N3O6S2. The number of aryl methyl sites for hydroxylation is 2. The molecule has 3 amide bonds. The minimum absolute atomic E-state index is 0.00295. The van der Waals surface area contributed by atoms with Crippen molar-refractivity contribution in [1.29, 1.82) is 0 Å². The van der Waals surface area contributed by atoms with Gasteiger partial charge in [0.1, 0.15) is 0 Å². The molecule has 4 aliphatic rings. The SMILES string of the molecule is COc1cc([C@H]2c3sc(=O)[nH]c3SC3C4CC(C5C(=O)N(c6ccc(C)cc6)C(=O)C45)C32)ccc1OCC(=O)Nc1ccccc1C. The van der Waals surface area contributed by atoms with Crippen LogP contribution in [0, 0.1) is 43.4 Å². The second-order valence-corrected chi connectivity index (χ2v) is 15.1. The molecule has 1 aromatic heterocycles. The van der Waals surface area contributed by atoms with E-state index in [9.17, 15) is 19.2 Å². The number of thioether (sulfide) groups is 1. The van der Waals surface area contributed by atoms with Crippen molar-refractivity contribution in [3.8, 4) is 11.5 Å². The molecule has 2 bridgehead atoms. The van der Waals surface area contributed by atoms with Gasteiger partial charge in [-0.3, -0.25) is 24.1 Å². The van der Waals surface area contributed by atoms with Gasteiger partial charge in [-0.1, -0.05) is 53.3 Å². The number of para-hydroxylation sites is 1. The summed E-state index contributed by atoms with van der Waals surface area (Å²) in [4.78, 5) is 58.6. The fraction of sp³-hybridized carbons (Fsp3) is 0.333. The van der Waals surface area contributed by atoms with E-state index in [1.165, 1.54) is 16.2 Å². The lowest BCUT2D eigenvalue weighted by atomic mass is 9.68. The molecule has 0 spiro atoms.